The largest absolute Gasteiger partial charge is 0.344 e. The van der Waals surface area contributed by atoms with E-state index in [2.05, 4.69) is 61.7 Å². The van der Waals surface area contributed by atoms with Gasteiger partial charge in [-0.1, -0.05) is 13.0 Å². The predicted molar refractivity (Wildman–Crippen MR) is 81.8 cm³/mol. The lowest BCUT2D eigenvalue weighted by Crippen LogP contribution is -2.43. The van der Waals surface area contributed by atoms with Crippen molar-refractivity contribution >= 4 is 10.9 Å². The fraction of sp³-hybridized carbons (Fsp3) is 0.529. The molecule has 19 heavy (non-hydrogen) atoms. The van der Waals surface area contributed by atoms with Crippen LogP contribution in [0.3, 0.4) is 0 Å². The molecule has 3 rings (SSSR count). The van der Waals surface area contributed by atoms with Crippen LogP contribution >= 0.6 is 0 Å². The van der Waals surface area contributed by atoms with Crippen molar-refractivity contribution in [2.75, 3.05) is 13.6 Å². The fourth-order valence-electron chi connectivity index (χ4n) is 3.22. The number of aryl methyl sites for hydroxylation is 2. The Morgan fingerprint density at radius 3 is 2.63 bits per heavy atom. The lowest BCUT2D eigenvalue weighted by atomic mass is 9.85. The fourth-order valence-corrected chi connectivity index (χ4v) is 3.22. The highest BCUT2D eigenvalue weighted by Gasteiger charge is 2.32. The molecule has 2 heteroatoms. The zero-order valence-electron chi connectivity index (χ0n) is 12.5. The van der Waals surface area contributed by atoms with Gasteiger partial charge in [-0.25, -0.2) is 0 Å². The normalized spacial score (nSPS) is 23.0. The molecule has 1 heterocycles. The number of benzene rings is 1. The summed E-state index contributed by atoms with van der Waals surface area (Å²) in [7, 11) is 2.24. The zero-order chi connectivity index (χ0) is 13.6. The highest BCUT2D eigenvalue weighted by Crippen LogP contribution is 2.38. The molecule has 2 nitrogen and oxygen atoms in total. The van der Waals surface area contributed by atoms with Crippen molar-refractivity contribution in [1.82, 2.24) is 9.47 Å². The predicted octanol–water partition coefficient (Wildman–Crippen LogP) is 3.91. The Hall–Kier alpha value is -1.28. The van der Waals surface area contributed by atoms with E-state index in [0.717, 1.165) is 12.6 Å². The molecule has 0 saturated heterocycles. The first-order chi connectivity index (χ1) is 9.11. The summed E-state index contributed by atoms with van der Waals surface area (Å²) >= 11 is 0. The maximum absolute atomic E-state index is 2.49. The molecule has 0 aliphatic heterocycles. The van der Waals surface area contributed by atoms with Gasteiger partial charge in [-0.3, -0.25) is 0 Å². The average molecular weight is 256 g/mol. The maximum Gasteiger partial charge on any atom is 0.0485 e. The molecule has 1 aromatic carbocycles. The molecule has 1 saturated carbocycles. The molecule has 102 valence electrons. The smallest absolute Gasteiger partial charge is 0.0485 e. The van der Waals surface area contributed by atoms with Gasteiger partial charge in [0.2, 0.25) is 0 Å². The summed E-state index contributed by atoms with van der Waals surface area (Å²) in [6.07, 6.45) is 4.87. The van der Waals surface area contributed by atoms with Crippen molar-refractivity contribution in [3.63, 3.8) is 0 Å². The van der Waals surface area contributed by atoms with Crippen LogP contribution in [0.2, 0.25) is 0 Å². The third kappa shape index (κ3) is 1.99. The zero-order valence-corrected chi connectivity index (χ0v) is 12.5. The molecular weight excluding hydrogens is 232 g/mol. The van der Waals surface area contributed by atoms with Gasteiger partial charge < -0.3 is 9.47 Å². The van der Waals surface area contributed by atoms with Crippen LogP contribution in [0.5, 0.6) is 0 Å². The Labute approximate surface area is 116 Å². The lowest BCUT2D eigenvalue weighted by molar-refractivity contribution is 0.113. The van der Waals surface area contributed by atoms with Crippen LogP contribution in [0.25, 0.3) is 10.9 Å². The van der Waals surface area contributed by atoms with Gasteiger partial charge in [0.15, 0.2) is 0 Å². The van der Waals surface area contributed by atoms with E-state index in [-0.39, 0.29) is 0 Å². The number of nitrogens with zero attached hydrogens (tertiary/aromatic N) is 2. The van der Waals surface area contributed by atoms with E-state index >= 15 is 0 Å². The molecule has 1 aromatic heterocycles. The van der Waals surface area contributed by atoms with E-state index in [1.54, 1.807) is 0 Å². The van der Waals surface area contributed by atoms with Crippen molar-refractivity contribution in [3.05, 3.63) is 35.5 Å². The van der Waals surface area contributed by atoms with E-state index in [0.29, 0.717) is 6.04 Å². The van der Waals surface area contributed by atoms with Gasteiger partial charge in [0.25, 0.3) is 0 Å². The van der Waals surface area contributed by atoms with Crippen molar-refractivity contribution in [3.8, 4) is 0 Å². The summed E-state index contributed by atoms with van der Waals surface area (Å²) in [5.41, 5.74) is 4.23. The van der Waals surface area contributed by atoms with Crippen molar-refractivity contribution in [1.29, 1.82) is 0 Å². The third-order valence-electron chi connectivity index (χ3n) is 5.05. The Bertz CT molecular complexity index is 591. The van der Waals surface area contributed by atoms with Gasteiger partial charge in [-0.15, -0.1) is 0 Å². The Morgan fingerprint density at radius 1 is 1.21 bits per heavy atom. The van der Waals surface area contributed by atoms with Gasteiger partial charge in [0.1, 0.15) is 0 Å². The second kappa shape index (κ2) is 4.68. The van der Waals surface area contributed by atoms with E-state index in [4.69, 9.17) is 0 Å². The van der Waals surface area contributed by atoms with Crippen LogP contribution in [-0.2, 0) is 0 Å². The van der Waals surface area contributed by atoms with Gasteiger partial charge >= 0.3 is 0 Å². The minimum Gasteiger partial charge on any atom is -0.344 e. The summed E-state index contributed by atoms with van der Waals surface area (Å²) in [5.74, 6) is 0. The maximum atomic E-state index is 2.49. The Kier molecular flexibility index (Phi) is 3.14. The number of hydrogen-bond donors (Lipinski definition) is 0. The van der Waals surface area contributed by atoms with Gasteiger partial charge in [-0.05, 0) is 63.5 Å². The van der Waals surface area contributed by atoms with Crippen LogP contribution in [0.1, 0.15) is 36.9 Å². The summed E-state index contributed by atoms with van der Waals surface area (Å²) < 4.78 is 2.49. The summed E-state index contributed by atoms with van der Waals surface area (Å²) in [6, 6.07) is 8.29. The first-order valence-electron chi connectivity index (χ1n) is 7.38. The Balaban J connectivity index is 1.86. The molecule has 2 aromatic rings. The second-order valence-corrected chi connectivity index (χ2v) is 6.02. The molecule has 1 fully saturated rings. The molecule has 1 aliphatic carbocycles. The van der Waals surface area contributed by atoms with E-state index in [1.807, 2.05) is 0 Å². The molecular formula is C17H24N2. The van der Waals surface area contributed by atoms with Crippen molar-refractivity contribution < 1.29 is 0 Å². The highest BCUT2D eigenvalue weighted by molar-refractivity contribution is 5.84. The van der Waals surface area contributed by atoms with E-state index in [1.165, 1.54) is 34.9 Å². The topological polar surface area (TPSA) is 8.17 Å². The number of fused-ring (bicyclic) bond motifs is 1. The van der Waals surface area contributed by atoms with Gasteiger partial charge in [0.05, 0.1) is 0 Å². The van der Waals surface area contributed by atoms with Crippen LogP contribution in [-0.4, -0.2) is 29.1 Å². The number of aromatic nitrogens is 1. The summed E-state index contributed by atoms with van der Waals surface area (Å²) in [6.45, 7) is 7.82. The van der Waals surface area contributed by atoms with Crippen LogP contribution < -0.4 is 0 Å². The molecule has 0 bridgehead atoms. The van der Waals surface area contributed by atoms with E-state index in [9.17, 15) is 0 Å². The third-order valence-corrected chi connectivity index (χ3v) is 5.05. The molecule has 0 N–H and O–H groups in total. The van der Waals surface area contributed by atoms with Crippen molar-refractivity contribution in [2.45, 2.75) is 45.7 Å². The molecule has 0 unspecified atom stereocenters. The molecule has 0 amide bonds. The minimum atomic E-state index is 0.693. The highest BCUT2D eigenvalue weighted by atomic mass is 15.2. The molecule has 0 atom stereocenters. The average Bonchev–Trinajstić information content (AvgIpc) is 2.76. The molecule has 0 spiro atoms. The van der Waals surface area contributed by atoms with Crippen LogP contribution in [0.4, 0.5) is 0 Å². The first-order valence-corrected chi connectivity index (χ1v) is 7.38. The number of hydrogen-bond acceptors (Lipinski definition) is 1. The van der Waals surface area contributed by atoms with Crippen LogP contribution in [0.15, 0.2) is 24.4 Å². The van der Waals surface area contributed by atoms with E-state index < -0.39 is 0 Å². The first kappa shape index (κ1) is 12.7. The van der Waals surface area contributed by atoms with Gasteiger partial charge in [0, 0.05) is 29.2 Å². The standard InChI is InChI=1S/C17H24N2/c1-5-18(4)14-10-15(11-14)19-9-8-16-13(3)12(2)6-7-17(16)19/h6-9,14-15H,5,10-11H2,1-4H3. The SMILES string of the molecule is CCN(C)C1CC(n2ccc3c(C)c(C)ccc32)C1. The summed E-state index contributed by atoms with van der Waals surface area (Å²) in [5, 5.41) is 1.42. The Morgan fingerprint density at radius 2 is 1.95 bits per heavy atom. The molecule has 0 radical (unpaired) electrons. The molecule has 1 aliphatic rings. The number of rotatable bonds is 3. The summed E-state index contributed by atoms with van der Waals surface area (Å²) in [4.78, 5) is 2.47. The lowest BCUT2D eigenvalue weighted by Gasteiger charge is -2.42. The van der Waals surface area contributed by atoms with Crippen molar-refractivity contribution in [2.24, 2.45) is 0 Å². The minimum absolute atomic E-state index is 0.693. The quantitative estimate of drug-likeness (QED) is 0.808. The monoisotopic (exact) mass is 256 g/mol. The second-order valence-electron chi connectivity index (χ2n) is 6.02. The van der Waals surface area contributed by atoms with Gasteiger partial charge in [-0.2, -0.15) is 0 Å². The van der Waals surface area contributed by atoms with Crippen LogP contribution in [0, 0.1) is 13.8 Å².